The molecule has 3 nitrogen and oxygen atoms in total. The van der Waals surface area contributed by atoms with E-state index in [9.17, 15) is 18.0 Å². The highest BCUT2D eigenvalue weighted by atomic mass is 19.4. The molecule has 0 radical (unpaired) electrons. The van der Waals surface area contributed by atoms with Crippen LogP contribution in [0.25, 0.3) is 0 Å². The van der Waals surface area contributed by atoms with Crippen molar-refractivity contribution in [3.63, 3.8) is 0 Å². The Bertz CT molecular complexity index is 950. The largest absolute Gasteiger partial charge is 0.418 e. The Morgan fingerprint density at radius 3 is 2.14 bits per heavy atom. The van der Waals surface area contributed by atoms with Gasteiger partial charge in [0, 0.05) is 11.0 Å². The van der Waals surface area contributed by atoms with E-state index < -0.39 is 34.3 Å². The van der Waals surface area contributed by atoms with Crippen LogP contribution >= 0.6 is 0 Å². The van der Waals surface area contributed by atoms with Crippen LogP contribution in [0.1, 0.15) is 44.4 Å². The molecule has 2 aliphatic rings. The summed E-state index contributed by atoms with van der Waals surface area (Å²) in [4.78, 5) is 14.8. The Labute approximate surface area is 162 Å². The van der Waals surface area contributed by atoms with Gasteiger partial charge in [-0.05, 0) is 25.5 Å². The second-order valence-corrected chi connectivity index (χ2v) is 8.49. The minimum absolute atomic E-state index is 0.0569. The number of carbonyl (C=O) groups is 1. The van der Waals surface area contributed by atoms with E-state index >= 15 is 0 Å². The van der Waals surface area contributed by atoms with Gasteiger partial charge in [0.15, 0.2) is 5.60 Å². The number of ether oxygens (including phenoxy) is 1. The molecular formula is C22H22F3NO2. The van der Waals surface area contributed by atoms with E-state index in [0.29, 0.717) is 5.56 Å². The van der Waals surface area contributed by atoms with Crippen molar-refractivity contribution < 1.29 is 22.7 Å². The maximum absolute atomic E-state index is 13.8. The van der Waals surface area contributed by atoms with Crippen LogP contribution in [0.2, 0.25) is 0 Å². The lowest BCUT2D eigenvalue weighted by molar-refractivity contribution is -0.342. The standard InChI is InChI=1S/C22H22F3NO2/c1-19(2)20(3,4)28-21(19)15-11-8-12-16(22(23,24)25)17(15)26(18(21)27)13-14-9-6-5-7-10-14/h5-12H,13H2,1-4H3. The predicted octanol–water partition coefficient (Wildman–Crippen LogP) is 5.28. The van der Waals surface area contributed by atoms with Gasteiger partial charge in [0.25, 0.3) is 5.91 Å². The van der Waals surface area contributed by atoms with Crippen LogP contribution in [0, 0.1) is 5.41 Å². The second-order valence-electron chi connectivity index (χ2n) is 8.49. The van der Waals surface area contributed by atoms with E-state index in [1.165, 1.54) is 11.0 Å². The van der Waals surface area contributed by atoms with Gasteiger partial charge in [-0.3, -0.25) is 4.79 Å². The summed E-state index contributed by atoms with van der Waals surface area (Å²) in [5.41, 5.74) is -2.58. The molecule has 1 saturated heterocycles. The fourth-order valence-electron chi connectivity index (χ4n) is 4.39. The van der Waals surface area contributed by atoms with Crippen molar-refractivity contribution in [2.75, 3.05) is 4.90 Å². The fraction of sp³-hybridized carbons (Fsp3) is 0.409. The fourth-order valence-corrected chi connectivity index (χ4v) is 4.39. The molecule has 1 fully saturated rings. The van der Waals surface area contributed by atoms with Gasteiger partial charge < -0.3 is 9.64 Å². The van der Waals surface area contributed by atoms with Crippen LogP contribution in [-0.4, -0.2) is 11.5 Å². The molecule has 0 saturated carbocycles. The highest BCUT2D eigenvalue weighted by molar-refractivity contribution is 6.09. The van der Waals surface area contributed by atoms with E-state index in [1.54, 1.807) is 30.3 Å². The highest BCUT2D eigenvalue weighted by Gasteiger charge is 2.75. The number of nitrogens with zero attached hydrogens (tertiary/aromatic N) is 1. The highest BCUT2D eigenvalue weighted by Crippen LogP contribution is 2.67. The maximum atomic E-state index is 13.8. The average Bonchev–Trinajstić information content (AvgIpc) is 2.86. The number of halogens is 3. The summed E-state index contributed by atoms with van der Waals surface area (Å²) in [6.07, 6.45) is -4.57. The summed E-state index contributed by atoms with van der Waals surface area (Å²) < 4.78 is 47.6. The number of alkyl halides is 3. The predicted molar refractivity (Wildman–Crippen MR) is 99.7 cm³/mol. The van der Waals surface area contributed by atoms with E-state index in [2.05, 4.69) is 0 Å². The van der Waals surface area contributed by atoms with Crippen LogP contribution in [0.5, 0.6) is 0 Å². The van der Waals surface area contributed by atoms with Gasteiger partial charge >= 0.3 is 6.18 Å². The van der Waals surface area contributed by atoms with Gasteiger partial charge in [-0.1, -0.05) is 56.3 Å². The number of anilines is 1. The monoisotopic (exact) mass is 389 g/mol. The third-order valence-electron chi connectivity index (χ3n) is 6.51. The minimum Gasteiger partial charge on any atom is -0.353 e. The Morgan fingerprint density at radius 2 is 1.61 bits per heavy atom. The van der Waals surface area contributed by atoms with E-state index in [-0.39, 0.29) is 12.2 Å². The third kappa shape index (κ3) is 2.24. The van der Waals surface area contributed by atoms with Crippen LogP contribution < -0.4 is 4.90 Å². The van der Waals surface area contributed by atoms with Crippen molar-refractivity contribution in [1.29, 1.82) is 0 Å². The lowest BCUT2D eigenvalue weighted by atomic mass is 9.57. The third-order valence-corrected chi connectivity index (χ3v) is 6.51. The molecule has 0 N–H and O–H groups in total. The summed E-state index contributed by atoms with van der Waals surface area (Å²) in [5, 5.41) is 0. The molecule has 2 aromatic rings. The number of carbonyl (C=O) groups excluding carboxylic acids is 1. The molecule has 2 aliphatic heterocycles. The first kappa shape index (κ1) is 19.0. The van der Waals surface area contributed by atoms with Crippen LogP contribution in [0.15, 0.2) is 48.5 Å². The normalized spacial score (nSPS) is 25.0. The van der Waals surface area contributed by atoms with Crippen molar-refractivity contribution in [3.05, 3.63) is 65.2 Å². The Kier molecular flexibility index (Phi) is 3.80. The molecule has 6 heteroatoms. The van der Waals surface area contributed by atoms with Gasteiger partial charge in [0.2, 0.25) is 0 Å². The molecule has 0 aromatic heterocycles. The zero-order valence-corrected chi connectivity index (χ0v) is 16.2. The topological polar surface area (TPSA) is 29.5 Å². The number of amides is 1. The van der Waals surface area contributed by atoms with Gasteiger partial charge in [0.1, 0.15) is 0 Å². The van der Waals surface area contributed by atoms with Gasteiger partial charge in [0.05, 0.1) is 23.4 Å². The Balaban J connectivity index is 1.93. The SMILES string of the molecule is CC1(C)OC2(C(=O)N(Cc3ccccc3)c3c(C(F)(F)F)cccc32)C1(C)C. The number of hydrogen-bond acceptors (Lipinski definition) is 2. The number of hydrogen-bond donors (Lipinski definition) is 0. The van der Waals surface area contributed by atoms with Crippen molar-refractivity contribution in [3.8, 4) is 0 Å². The molecule has 1 spiro atoms. The molecule has 1 amide bonds. The maximum Gasteiger partial charge on any atom is 0.418 e. The zero-order valence-electron chi connectivity index (χ0n) is 16.2. The van der Waals surface area contributed by atoms with Gasteiger partial charge in [-0.15, -0.1) is 0 Å². The molecule has 1 atom stereocenters. The molecule has 1 unspecified atom stereocenters. The van der Waals surface area contributed by atoms with Crippen molar-refractivity contribution in [2.24, 2.45) is 5.41 Å². The number of benzene rings is 2. The molecule has 4 rings (SSSR count). The van der Waals surface area contributed by atoms with Crippen molar-refractivity contribution >= 4 is 11.6 Å². The zero-order chi connectivity index (χ0) is 20.5. The average molecular weight is 389 g/mol. The van der Waals surface area contributed by atoms with Gasteiger partial charge in [-0.25, -0.2) is 0 Å². The first-order valence-corrected chi connectivity index (χ1v) is 9.20. The summed E-state index contributed by atoms with van der Waals surface area (Å²) >= 11 is 0. The summed E-state index contributed by atoms with van der Waals surface area (Å²) in [6.45, 7) is 7.54. The Morgan fingerprint density at radius 1 is 0.964 bits per heavy atom. The Hall–Kier alpha value is -2.34. The number of rotatable bonds is 2. The lowest BCUT2D eigenvalue weighted by Gasteiger charge is -2.63. The quantitative estimate of drug-likeness (QED) is 0.699. The van der Waals surface area contributed by atoms with E-state index in [1.807, 2.05) is 33.8 Å². The molecule has 148 valence electrons. The summed E-state index contributed by atoms with van der Waals surface area (Å²) in [7, 11) is 0. The first-order chi connectivity index (χ1) is 12.9. The first-order valence-electron chi connectivity index (χ1n) is 9.20. The smallest absolute Gasteiger partial charge is 0.353 e. The molecule has 0 aliphatic carbocycles. The van der Waals surface area contributed by atoms with Crippen molar-refractivity contribution in [1.82, 2.24) is 0 Å². The van der Waals surface area contributed by atoms with Gasteiger partial charge in [-0.2, -0.15) is 13.2 Å². The second kappa shape index (κ2) is 5.60. The van der Waals surface area contributed by atoms with Crippen LogP contribution in [0.3, 0.4) is 0 Å². The molecule has 0 bridgehead atoms. The molecule has 2 aromatic carbocycles. The van der Waals surface area contributed by atoms with E-state index in [0.717, 1.165) is 11.6 Å². The summed E-state index contributed by atoms with van der Waals surface area (Å²) in [6, 6.07) is 13.0. The van der Waals surface area contributed by atoms with E-state index in [4.69, 9.17) is 4.74 Å². The van der Waals surface area contributed by atoms with Crippen LogP contribution in [0.4, 0.5) is 18.9 Å². The number of fused-ring (bicyclic) bond motifs is 2. The summed E-state index contributed by atoms with van der Waals surface area (Å²) in [5.74, 6) is -0.438. The van der Waals surface area contributed by atoms with Crippen LogP contribution in [-0.2, 0) is 27.9 Å². The number of para-hydroxylation sites is 1. The minimum atomic E-state index is -4.57. The van der Waals surface area contributed by atoms with Crippen molar-refractivity contribution in [2.45, 2.75) is 51.6 Å². The molecular weight excluding hydrogens is 367 g/mol. The molecule has 28 heavy (non-hydrogen) atoms. The lowest BCUT2D eigenvalue weighted by Crippen LogP contribution is -2.72. The molecule has 2 heterocycles.